The summed E-state index contributed by atoms with van der Waals surface area (Å²) in [7, 11) is 0. The number of aryl methyl sites for hydroxylation is 1. The van der Waals surface area contributed by atoms with E-state index in [1.807, 2.05) is 66.7 Å². The Hall–Kier alpha value is -7.99. The minimum Gasteiger partial charge on any atom is -0.507 e. The van der Waals surface area contributed by atoms with E-state index in [9.17, 15) is 5.11 Å². The van der Waals surface area contributed by atoms with Crippen molar-refractivity contribution in [1.82, 2.24) is 14.5 Å². The molecule has 14 rings (SSSR count). The molecule has 0 amide bonds. The van der Waals surface area contributed by atoms with E-state index in [1.54, 1.807) is 6.07 Å². The third kappa shape index (κ3) is 5.93. The molecule has 13 aromatic rings. The van der Waals surface area contributed by atoms with Gasteiger partial charge < -0.3 is 22.9 Å². The number of pyridine rings is 1. The van der Waals surface area contributed by atoms with Crippen LogP contribution in [0.25, 0.3) is 128 Å². The molecule has 5 aromatic heterocycles. The van der Waals surface area contributed by atoms with E-state index in [1.165, 1.54) is 0 Å². The van der Waals surface area contributed by atoms with Crippen LogP contribution in [0.4, 0.5) is 0 Å². The van der Waals surface area contributed by atoms with Gasteiger partial charge in [-0.3, -0.25) is 4.98 Å². The minimum atomic E-state index is 0. The molecule has 0 aliphatic heterocycles. The van der Waals surface area contributed by atoms with Gasteiger partial charge in [-0.15, -0.1) is 23.8 Å². The number of hydrogen-bond acceptors (Lipinski definition) is 6. The topological polar surface area (TPSA) is 90.4 Å². The molecule has 8 aromatic carbocycles. The molecular formula is C58H34N3O4Pt-. The van der Waals surface area contributed by atoms with Crippen molar-refractivity contribution in [2.24, 2.45) is 0 Å². The molecule has 1 N–H and O–H groups in total. The van der Waals surface area contributed by atoms with Gasteiger partial charge in [0.2, 0.25) is 0 Å². The smallest absolute Gasteiger partial charge is 0.135 e. The van der Waals surface area contributed by atoms with Crippen LogP contribution in [0.5, 0.6) is 5.75 Å². The number of rotatable bonds is 5. The van der Waals surface area contributed by atoms with Crippen LogP contribution in [0.1, 0.15) is 11.1 Å². The first-order valence-corrected chi connectivity index (χ1v) is 21.8. The molecule has 0 unspecified atom stereocenters. The molecular weight excluding hydrogens is 998 g/mol. The Balaban J connectivity index is 0.00000435. The molecule has 8 heteroatoms. The molecule has 0 bridgehead atoms. The predicted octanol–water partition coefficient (Wildman–Crippen LogP) is 14.9. The normalized spacial score (nSPS) is 12.4. The summed E-state index contributed by atoms with van der Waals surface area (Å²) in [5.74, 6) is 0.908. The molecule has 0 radical (unpaired) electrons. The van der Waals surface area contributed by atoms with Crippen molar-refractivity contribution in [3.05, 3.63) is 193 Å². The quantitative estimate of drug-likeness (QED) is 0.173. The van der Waals surface area contributed by atoms with Gasteiger partial charge in [0.15, 0.2) is 0 Å². The Morgan fingerprint density at radius 3 is 1.92 bits per heavy atom. The largest absolute Gasteiger partial charge is 0.507 e. The van der Waals surface area contributed by atoms with Gasteiger partial charge in [0.05, 0.1) is 28.5 Å². The summed E-state index contributed by atoms with van der Waals surface area (Å²) in [4.78, 5) is 10.9. The standard InChI is InChI=1S/C58H34N3O4.Pt/c62-49-14-8-11-34-17-22-41-42(36-19-24-52-43(28-36)39-12-4-6-15-50(39)63-52)31-47(59-57(41)56(34)49)48-32-61(38-21-26-55-46(30-38)40-13-5-7-16-51(40)64-55)58(60-48)37-20-25-54-45(29-37)44-27-35(18-23-53(44)65-54)33-9-2-1-3-10-33;/h1-16,18-19,21,23-32,62H,17,22H2;/q-1;. The Morgan fingerprint density at radius 1 is 0.500 bits per heavy atom. The van der Waals surface area contributed by atoms with Crippen LogP contribution in [0.2, 0.25) is 0 Å². The van der Waals surface area contributed by atoms with Gasteiger partial charge in [-0.25, -0.2) is 4.98 Å². The average Bonchev–Trinajstić information content (AvgIpc) is 4.15. The van der Waals surface area contributed by atoms with Gasteiger partial charge >= 0.3 is 0 Å². The monoisotopic (exact) mass is 1030 g/mol. The summed E-state index contributed by atoms with van der Waals surface area (Å²) in [6.45, 7) is 0. The summed E-state index contributed by atoms with van der Waals surface area (Å²) in [6.07, 6.45) is 3.63. The molecule has 0 atom stereocenters. The second-order valence-electron chi connectivity index (χ2n) is 16.9. The first kappa shape index (κ1) is 38.5. The van der Waals surface area contributed by atoms with E-state index < -0.39 is 0 Å². The first-order chi connectivity index (χ1) is 32.1. The Labute approximate surface area is 391 Å². The van der Waals surface area contributed by atoms with Crippen LogP contribution < -0.4 is 0 Å². The van der Waals surface area contributed by atoms with Crippen molar-refractivity contribution in [2.45, 2.75) is 12.8 Å². The zero-order valence-electron chi connectivity index (χ0n) is 35.0. The van der Waals surface area contributed by atoms with Crippen molar-refractivity contribution in [2.75, 3.05) is 0 Å². The number of benzene rings is 8. The molecule has 0 spiro atoms. The Bertz CT molecular complexity index is 4100. The number of furan rings is 3. The summed E-state index contributed by atoms with van der Waals surface area (Å²) >= 11 is 0. The number of hydrogen-bond donors (Lipinski definition) is 1. The number of imidazole rings is 1. The molecule has 1 aliphatic carbocycles. The average molecular weight is 1030 g/mol. The van der Waals surface area contributed by atoms with Crippen molar-refractivity contribution in [1.29, 1.82) is 0 Å². The van der Waals surface area contributed by atoms with Crippen LogP contribution in [-0.4, -0.2) is 19.6 Å². The van der Waals surface area contributed by atoms with Crippen LogP contribution in [-0.2, 0) is 33.9 Å². The van der Waals surface area contributed by atoms with E-state index in [-0.39, 0.29) is 26.8 Å². The van der Waals surface area contributed by atoms with Crippen molar-refractivity contribution in [3.8, 4) is 67.7 Å². The van der Waals surface area contributed by atoms with Crippen molar-refractivity contribution in [3.63, 3.8) is 0 Å². The summed E-state index contributed by atoms with van der Waals surface area (Å²) in [5.41, 5.74) is 16.0. The third-order valence-electron chi connectivity index (χ3n) is 13.2. The fraction of sp³-hybridized carbons (Fsp3) is 0.0345. The number of nitrogens with zero attached hydrogens (tertiary/aromatic N) is 3. The van der Waals surface area contributed by atoms with E-state index in [0.717, 1.165) is 135 Å². The summed E-state index contributed by atoms with van der Waals surface area (Å²) in [6, 6.07) is 61.2. The first-order valence-electron chi connectivity index (χ1n) is 21.8. The Morgan fingerprint density at radius 2 is 1.14 bits per heavy atom. The van der Waals surface area contributed by atoms with Crippen LogP contribution >= 0.6 is 0 Å². The van der Waals surface area contributed by atoms with E-state index in [4.69, 9.17) is 23.2 Å². The molecule has 0 fully saturated rings. The molecule has 5 heterocycles. The third-order valence-corrected chi connectivity index (χ3v) is 13.2. The van der Waals surface area contributed by atoms with Crippen LogP contribution in [0.15, 0.2) is 189 Å². The molecule has 7 nitrogen and oxygen atoms in total. The van der Waals surface area contributed by atoms with Gasteiger partial charge in [0.25, 0.3) is 0 Å². The van der Waals surface area contributed by atoms with Crippen molar-refractivity contribution >= 4 is 65.8 Å². The van der Waals surface area contributed by atoms with Crippen LogP contribution in [0.3, 0.4) is 0 Å². The second kappa shape index (κ2) is 14.8. The predicted molar refractivity (Wildman–Crippen MR) is 258 cm³/mol. The molecule has 316 valence electrons. The van der Waals surface area contributed by atoms with Crippen LogP contribution in [0, 0.1) is 6.07 Å². The molecule has 66 heavy (non-hydrogen) atoms. The van der Waals surface area contributed by atoms with E-state index >= 15 is 0 Å². The fourth-order valence-corrected chi connectivity index (χ4v) is 10.1. The van der Waals surface area contributed by atoms with E-state index in [2.05, 4.69) is 114 Å². The van der Waals surface area contributed by atoms with E-state index in [0.29, 0.717) is 17.2 Å². The maximum Gasteiger partial charge on any atom is 0.135 e. The SMILES string of the molecule is Oc1cccc2c1-c1nc(-c3cn(-c4ccc5oc6ccccc6c5c4)c(-c4[c-]cc5oc6ccc(-c7ccccc7)cc6c5c4)n3)cc(-c3ccc4oc5ccccc5c4c3)c1CC2.[Pt]. The molecule has 0 saturated heterocycles. The maximum absolute atomic E-state index is 11.5. The van der Waals surface area contributed by atoms with Crippen molar-refractivity contribution < 1.29 is 39.4 Å². The number of fused-ring (bicyclic) bond motifs is 12. The number of phenols is 1. The maximum atomic E-state index is 11.5. The second-order valence-corrected chi connectivity index (χ2v) is 16.9. The summed E-state index contributed by atoms with van der Waals surface area (Å²) < 4.78 is 21.0. The summed E-state index contributed by atoms with van der Waals surface area (Å²) in [5, 5.41) is 17.6. The number of aromatic hydroxyl groups is 1. The van der Waals surface area contributed by atoms with Gasteiger partial charge in [0.1, 0.15) is 33.7 Å². The Kier molecular flexibility index (Phi) is 8.61. The van der Waals surface area contributed by atoms with Gasteiger partial charge in [-0.2, -0.15) is 0 Å². The molecule has 1 aliphatic rings. The number of aromatic nitrogens is 3. The molecule has 0 saturated carbocycles. The zero-order chi connectivity index (χ0) is 42.8. The van der Waals surface area contributed by atoms with Gasteiger partial charge in [-0.1, -0.05) is 96.4 Å². The minimum absolute atomic E-state index is 0. The number of para-hydroxylation sites is 2. The van der Waals surface area contributed by atoms with Gasteiger partial charge in [0, 0.05) is 65.4 Å². The fourth-order valence-electron chi connectivity index (χ4n) is 10.1. The number of phenolic OH excluding ortho intramolecular Hbond substituents is 1. The zero-order valence-corrected chi connectivity index (χ0v) is 37.3. The van der Waals surface area contributed by atoms with Gasteiger partial charge in [-0.05, 0) is 113 Å².